The number of hydrogen-bond acceptors (Lipinski definition) is 3. The summed E-state index contributed by atoms with van der Waals surface area (Å²) in [6, 6.07) is 9.92. The highest BCUT2D eigenvalue weighted by atomic mass is 16.5. The third kappa shape index (κ3) is 3.72. The summed E-state index contributed by atoms with van der Waals surface area (Å²) >= 11 is 0. The molecule has 1 aromatic rings. The Bertz CT molecular complexity index is 345. The van der Waals surface area contributed by atoms with Gasteiger partial charge in [-0.3, -0.25) is 0 Å². The Morgan fingerprint density at radius 2 is 1.89 bits per heavy atom. The Morgan fingerprint density at radius 3 is 2.50 bits per heavy atom. The molecule has 0 radical (unpaired) electrons. The minimum Gasteiger partial charge on any atom is -0.494 e. The quantitative estimate of drug-likeness (QED) is 0.842. The largest absolute Gasteiger partial charge is 0.494 e. The molecule has 18 heavy (non-hydrogen) atoms. The number of para-hydroxylation sites is 1. The van der Waals surface area contributed by atoms with E-state index >= 15 is 0 Å². The fraction of sp³-hybridized carbons (Fsp3) is 0.600. The molecule has 0 unspecified atom stereocenters. The van der Waals surface area contributed by atoms with Gasteiger partial charge in [0.15, 0.2) is 0 Å². The third-order valence-corrected chi connectivity index (χ3v) is 3.95. The van der Waals surface area contributed by atoms with Crippen LogP contribution in [0.3, 0.4) is 0 Å². The average molecular weight is 249 g/mol. The van der Waals surface area contributed by atoms with Gasteiger partial charge >= 0.3 is 0 Å². The first-order valence-corrected chi connectivity index (χ1v) is 6.82. The molecule has 3 nitrogen and oxygen atoms in total. The highest BCUT2D eigenvalue weighted by Gasteiger charge is 2.31. The monoisotopic (exact) mass is 249 g/mol. The molecule has 3 N–H and O–H groups in total. The van der Waals surface area contributed by atoms with Crippen LogP contribution in [0.15, 0.2) is 30.3 Å². The van der Waals surface area contributed by atoms with Crippen LogP contribution in [0.2, 0.25) is 0 Å². The maximum absolute atomic E-state index is 10.0. The first-order chi connectivity index (χ1) is 8.72. The molecule has 0 atom stereocenters. The lowest BCUT2D eigenvalue weighted by molar-refractivity contribution is -0.00349. The molecule has 0 saturated heterocycles. The van der Waals surface area contributed by atoms with Gasteiger partial charge in [-0.15, -0.1) is 0 Å². The van der Waals surface area contributed by atoms with Gasteiger partial charge in [0.2, 0.25) is 0 Å². The van der Waals surface area contributed by atoms with Crippen LogP contribution < -0.4 is 10.5 Å². The van der Waals surface area contributed by atoms with E-state index in [1.165, 1.54) is 0 Å². The standard InChI is InChI=1S/C15H23NO2/c16-12-15(17)9-6-13(7-10-15)8-11-18-14-4-2-1-3-5-14/h1-5,13,17H,6-12,16H2. The van der Waals surface area contributed by atoms with Crippen molar-refractivity contribution in [1.29, 1.82) is 0 Å². The minimum absolute atomic E-state index is 0.389. The molecule has 1 aliphatic rings. The van der Waals surface area contributed by atoms with E-state index in [0.29, 0.717) is 12.5 Å². The molecule has 2 rings (SSSR count). The lowest BCUT2D eigenvalue weighted by Crippen LogP contribution is -2.41. The zero-order valence-electron chi connectivity index (χ0n) is 10.8. The zero-order chi connectivity index (χ0) is 12.8. The summed E-state index contributed by atoms with van der Waals surface area (Å²) < 4.78 is 5.70. The molecule has 1 saturated carbocycles. The van der Waals surface area contributed by atoms with E-state index in [9.17, 15) is 5.11 Å². The minimum atomic E-state index is -0.600. The van der Waals surface area contributed by atoms with Gasteiger partial charge in [0.05, 0.1) is 12.2 Å². The number of nitrogens with two attached hydrogens (primary N) is 1. The van der Waals surface area contributed by atoms with Crippen molar-refractivity contribution in [3.8, 4) is 5.75 Å². The molecule has 1 fully saturated rings. The summed E-state index contributed by atoms with van der Waals surface area (Å²) in [7, 11) is 0. The second-order valence-corrected chi connectivity index (χ2v) is 5.32. The molecule has 0 aromatic heterocycles. The van der Waals surface area contributed by atoms with Gasteiger partial charge in [0.1, 0.15) is 5.75 Å². The normalized spacial score (nSPS) is 28.0. The Hall–Kier alpha value is -1.06. The van der Waals surface area contributed by atoms with E-state index in [0.717, 1.165) is 44.5 Å². The van der Waals surface area contributed by atoms with Crippen molar-refractivity contribution in [1.82, 2.24) is 0 Å². The van der Waals surface area contributed by atoms with Crippen molar-refractivity contribution in [2.45, 2.75) is 37.7 Å². The molecule has 0 heterocycles. The van der Waals surface area contributed by atoms with Crippen LogP contribution in [0.5, 0.6) is 5.75 Å². The molecule has 3 heteroatoms. The number of benzene rings is 1. The van der Waals surface area contributed by atoms with E-state index in [1.807, 2.05) is 30.3 Å². The second kappa shape index (κ2) is 6.21. The van der Waals surface area contributed by atoms with Crippen molar-refractivity contribution in [2.75, 3.05) is 13.2 Å². The number of rotatable bonds is 5. The summed E-state index contributed by atoms with van der Waals surface area (Å²) in [6.07, 6.45) is 4.85. The molecule has 0 aliphatic heterocycles. The molecular weight excluding hydrogens is 226 g/mol. The highest BCUT2D eigenvalue weighted by molar-refractivity contribution is 5.20. The van der Waals surface area contributed by atoms with E-state index < -0.39 is 5.60 Å². The summed E-state index contributed by atoms with van der Waals surface area (Å²) in [5, 5.41) is 10.0. The average Bonchev–Trinajstić information content (AvgIpc) is 2.42. The van der Waals surface area contributed by atoms with Crippen LogP contribution in [-0.4, -0.2) is 23.9 Å². The van der Waals surface area contributed by atoms with Crippen LogP contribution in [-0.2, 0) is 0 Å². The molecule has 1 aliphatic carbocycles. The van der Waals surface area contributed by atoms with E-state index in [1.54, 1.807) is 0 Å². The van der Waals surface area contributed by atoms with Gasteiger partial charge in [-0.2, -0.15) is 0 Å². The Morgan fingerprint density at radius 1 is 1.22 bits per heavy atom. The van der Waals surface area contributed by atoms with E-state index in [-0.39, 0.29) is 0 Å². The Balaban J connectivity index is 1.67. The predicted molar refractivity (Wildman–Crippen MR) is 72.5 cm³/mol. The van der Waals surface area contributed by atoms with Gasteiger partial charge in [-0.05, 0) is 50.2 Å². The summed E-state index contributed by atoms with van der Waals surface area (Å²) in [4.78, 5) is 0. The molecule has 0 bridgehead atoms. The van der Waals surface area contributed by atoms with E-state index in [2.05, 4.69) is 0 Å². The van der Waals surface area contributed by atoms with Crippen LogP contribution >= 0.6 is 0 Å². The van der Waals surface area contributed by atoms with Crippen molar-refractivity contribution < 1.29 is 9.84 Å². The Labute approximate surface area is 109 Å². The summed E-state index contributed by atoms with van der Waals surface area (Å²) in [5.74, 6) is 1.60. The van der Waals surface area contributed by atoms with Crippen LogP contribution in [0.25, 0.3) is 0 Å². The van der Waals surface area contributed by atoms with Gasteiger partial charge in [0, 0.05) is 6.54 Å². The number of hydrogen-bond donors (Lipinski definition) is 2. The maximum Gasteiger partial charge on any atom is 0.119 e. The van der Waals surface area contributed by atoms with Crippen LogP contribution in [0, 0.1) is 5.92 Å². The third-order valence-electron chi connectivity index (χ3n) is 3.95. The lowest BCUT2D eigenvalue weighted by Gasteiger charge is -2.35. The molecular formula is C15H23NO2. The topological polar surface area (TPSA) is 55.5 Å². The molecule has 100 valence electrons. The summed E-state index contributed by atoms with van der Waals surface area (Å²) in [5.41, 5.74) is 4.98. The fourth-order valence-electron chi connectivity index (χ4n) is 2.57. The SMILES string of the molecule is NCC1(O)CCC(CCOc2ccccc2)CC1. The molecule has 0 amide bonds. The molecule has 1 aromatic carbocycles. The van der Waals surface area contributed by atoms with Crippen LogP contribution in [0.4, 0.5) is 0 Å². The zero-order valence-corrected chi connectivity index (χ0v) is 10.8. The van der Waals surface area contributed by atoms with Crippen LogP contribution in [0.1, 0.15) is 32.1 Å². The van der Waals surface area contributed by atoms with Crippen molar-refractivity contribution in [3.63, 3.8) is 0 Å². The van der Waals surface area contributed by atoms with E-state index in [4.69, 9.17) is 10.5 Å². The van der Waals surface area contributed by atoms with Gasteiger partial charge in [-0.1, -0.05) is 18.2 Å². The van der Waals surface area contributed by atoms with Gasteiger partial charge < -0.3 is 15.6 Å². The van der Waals surface area contributed by atoms with Gasteiger partial charge in [0.25, 0.3) is 0 Å². The first-order valence-electron chi connectivity index (χ1n) is 6.82. The van der Waals surface area contributed by atoms with Gasteiger partial charge in [-0.25, -0.2) is 0 Å². The Kier molecular flexibility index (Phi) is 4.61. The lowest BCUT2D eigenvalue weighted by atomic mass is 9.78. The summed E-state index contributed by atoms with van der Waals surface area (Å²) in [6.45, 7) is 1.15. The highest BCUT2D eigenvalue weighted by Crippen LogP contribution is 2.33. The molecule has 0 spiro atoms. The number of ether oxygens (including phenoxy) is 1. The maximum atomic E-state index is 10.0. The van der Waals surface area contributed by atoms with Crippen molar-refractivity contribution in [2.24, 2.45) is 11.7 Å². The van der Waals surface area contributed by atoms with Crippen molar-refractivity contribution in [3.05, 3.63) is 30.3 Å². The second-order valence-electron chi connectivity index (χ2n) is 5.32. The first kappa shape index (κ1) is 13.4. The smallest absolute Gasteiger partial charge is 0.119 e. The fourth-order valence-corrected chi connectivity index (χ4v) is 2.57. The number of aliphatic hydroxyl groups is 1. The van der Waals surface area contributed by atoms with Crippen molar-refractivity contribution >= 4 is 0 Å². The predicted octanol–water partition coefficient (Wildman–Crippen LogP) is 2.34.